The van der Waals surface area contributed by atoms with Crippen molar-refractivity contribution in [3.05, 3.63) is 0 Å². The molecule has 4 nitrogen and oxygen atoms in total. The Morgan fingerprint density at radius 1 is 1.40 bits per heavy atom. The second kappa shape index (κ2) is 7.41. The minimum atomic E-state index is -0.112. The van der Waals surface area contributed by atoms with E-state index in [1.807, 2.05) is 6.92 Å². The summed E-state index contributed by atoms with van der Waals surface area (Å²) in [5, 5.41) is 6.70. The summed E-state index contributed by atoms with van der Waals surface area (Å²) >= 11 is 0. The lowest BCUT2D eigenvalue weighted by Gasteiger charge is -2.40. The zero-order chi connectivity index (χ0) is 15.3. The first-order valence-electron chi connectivity index (χ1n) is 8.10. The standard InChI is InChI=1S/C16H33N3O/c1-7-16(5,6)18-15(20)13(4)19-10-9-14(17-8-2)12(3)11-19/h12-14,17H,7-11H2,1-6H3,(H,18,20). The number of amides is 1. The van der Waals surface area contributed by atoms with E-state index in [0.717, 1.165) is 32.5 Å². The third-order valence-corrected chi connectivity index (χ3v) is 4.68. The van der Waals surface area contributed by atoms with Crippen LogP contribution in [0.1, 0.15) is 54.4 Å². The lowest BCUT2D eigenvalue weighted by molar-refractivity contribution is -0.128. The molecule has 1 heterocycles. The van der Waals surface area contributed by atoms with Crippen LogP contribution in [0.2, 0.25) is 0 Å². The van der Waals surface area contributed by atoms with Crippen molar-refractivity contribution in [3.63, 3.8) is 0 Å². The molecule has 0 aromatic rings. The topological polar surface area (TPSA) is 44.4 Å². The van der Waals surface area contributed by atoms with Crippen molar-refractivity contribution >= 4 is 5.91 Å². The van der Waals surface area contributed by atoms with E-state index in [2.05, 4.69) is 50.2 Å². The minimum absolute atomic E-state index is 0.0362. The molecule has 1 fully saturated rings. The van der Waals surface area contributed by atoms with Gasteiger partial charge in [0.1, 0.15) is 0 Å². The molecule has 0 aromatic carbocycles. The molecule has 0 aromatic heterocycles. The van der Waals surface area contributed by atoms with Crippen molar-refractivity contribution in [2.24, 2.45) is 5.92 Å². The van der Waals surface area contributed by atoms with E-state index in [1.54, 1.807) is 0 Å². The van der Waals surface area contributed by atoms with E-state index in [0.29, 0.717) is 12.0 Å². The van der Waals surface area contributed by atoms with E-state index in [4.69, 9.17) is 0 Å². The number of nitrogens with zero attached hydrogens (tertiary/aromatic N) is 1. The predicted octanol–water partition coefficient (Wildman–Crippen LogP) is 2.00. The number of hydrogen-bond acceptors (Lipinski definition) is 3. The van der Waals surface area contributed by atoms with Gasteiger partial charge in [0.05, 0.1) is 6.04 Å². The van der Waals surface area contributed by atoms with Gasteiger partial charge in [-0.2, -0.15) is 0 Å². The Morgan fingerprint density at radius 3 is 2.55 bits per heavy atom. The van der Waals surface area contributed by atoms with Gasteiger partial charge < -0.3 is 10.6 Å². The largest absolute Gasteiger partial charge is 0.350 e. The van der Waals surface area contributed by atoms with E-state index < -0.39 is 0 Å². The van der Waals surface area contributed by atoms with Crippen LogP contribution in [0.15, 0.2) is 0 Å². The highest BCUT2D eigenvalue weighted by atomic mass is 16.2. The Labute approximate surface area is 124 Å². The van der Waals surface area contributed by atoms with Crippen LogP contribution < -0.4 is 10.6 Å². The zero-order valence-electron chi connectivity index (χ0n) is 14.1. The molecular formula is C16H33N3O. The van der Waals surface area contributed by atoms with Crippen LogP contribution in [0.5, 0.6) is 0 Å². The third-order valence-electron chi connectivity index (χ3n) is 4.68. The van der Waals surface area contributed by atoms with Crippen molar-refractivity contribution < 1.29 is 4.79 Å². The molecule has 2 N–H and O–H groups in total. The monoisotopic (exact) mass is 283 g/mol. The van der Waals surface area contributed by atoms with Gasteiger partial charge in [-0.15, -0.1) is 0 Å². The fourth-order valence-corrected chi connectivity index (χ4v) is 2.79. The normalized spacial score (nSPS) is 26.3. The van der Waals surface area contributed by atoms with Crippen LogP contribution in [0.3, 0.4) is 0 Å². The number of likely N-dealkylation sites (tertiary alicyclic amines) is 1. The summed E-state index contributed by atoms with van der Waals surface area (Å²) < 4.78 is 0. The molecule has 3 unspecified atom stereocenters. The highest BCUT2D eigenvalue weighted by Crippen LogP contribution is 2.19. The average molecular weight is 283 g/mol. The van der Waals surface area contributed by atoms with Crippen LogP contribution in [-0.4, -0.2) is 48.1 Å². The zero-order valence-corrected chi connectivity index (χ0v) is 14.1. The summed E-state index contributed by atoms with van der Waals surface area (Å²) in [6.45, 7) is 15.8. The molecule has 1 amide bonds. The maximum atomic E-state index is 12.4. The molecule has 0 bridgehead atoms. The first-order chi connectivity index (χ1) is 9.30. The van der Waals surface area contributed by atoms with Crippen molar-refractivity contribution in [1.29, 1.82) is 0 Å². The molecule has 20 heavy (non-hydrogen) atoms. The summed E-state index contributed by atoms with van der Waals surface area (Å²) in [5.74, 6) is 0.754. The summed E-state index contributed by atoms with van der Waals surface area (Å²) in [6, 6.07) is 0.560. The van der Waals surface area contributed by atoms with E-state index >= 15 is 0 Å². The van der Waals surface area contributed by atoms with E-state index in [9.17, 15) is 4.79 Å². The minimum Gasteiger partial charge on any atom is -0.350 e. The second-order valence-electron chi connectivity index (χ2n) is 6.83. The summed E-state index contributed by atoms with van der Waals surface area (Å²) in [6.07, 6.45) is 2.08. The molecule has 1 aliphatic rings. The lowest BCUT2D eigenvalue weighted by Crippen LogP contribution is -2.56. The summed E-state index contributed by atoms with van der Waals surface area (Å²) in [4.78, 5) is 14.7. The number of hydrogen-bond donors (Lipinski definition) is 2. The maximum absolute atomic E-state index is 12.4. The van der Waals surface area contributed by atoms with Crippen molar-refractivity contribution in [1.82, 2.24) is 15.5 Å². The maximum Gasteiger partial charge on any atom is 0.237 e. The van der Waals surface area contributed by atoms with Gasteiger partial charge in [-0.25, -0.2) is 0 Å². The predicted molar refractivity (Wildman–Crippen MR) is 84.8 cm³/mol. The van der Waals surface area contributed by atoms with Gasteiger partial charge in [-0.3, -0.25) is 9.69 Å². The molecule has 0 saturated carbocycles. The number of piperidine rings is 1. The number of nitrogens with one attached hydrogen (secondary N) is 2. The molecule has 118 valence electrons. The van der Waals surface area contributed by atoms with Crippen molar-refractivity contribution in [2.45, 2.75) is 72.0 Å². The van der Waals surface area contributed by atoms with Gasteiger partial charge in [-0.05, 0) is 46.1 Å². The molecule has 1 aliphatic heterocycles. The van der Waals surface area contributed by atoms with Gasteiger partial charge in [0, 0.05) is 24.7 Å². The Morgan fingerprint density at radius 2 is 2.05 bits per heavy atom. The highest BCUT2D eigenvalue weighted by molar-refractivity contribution is 5.82. The fourth-order valence-electron chi connectivity index (χ4n) is 2.79. The molecule has 3 atom stereocenters. The van der Waals surface area contributed by atoms with Crippen molar-refractivity contribution in [3.8, 4) is 0 Å². The average Bonchev–Trinajstić information content (AvgIpc) is 2.40. The molecular weight excluding hydrogens is 250 g/mol. The molecule has 4 heteroatoms. The van der Waals surface area contributed by atoms with Crippen LogP contribution in [0, 0.1) is 5.92 Å². The van der Waals surface area contributed by atoms with Gasteiger partial charge in [0.15, 0.2) is 0 Å². The molecule has 0 aliphatic carbocycles. The summed E-state index contributed by atoms with van der Waals surface area (Å²) in [5.41, 5.74) is -0.112. The number of carbonyl (C=O) groups is 1. The Hall–Kier alpha value is -0.610. The second-order valence-corrected chi connectivity index (χ2v) is 6.83. The lowest BCUT2D eigenvalue weighted by atomic mass is 9.92. The van der Waals surface area contributed by atoms with E-state index in [1.165, 1.54) is 0 Å². The molecule has 1 rings (SSSR count). The molecule has 0 radical (unpaired) electrons. The Bertz CT molecular complexity index is 317. The van der Waals surface area contributed by atoms with Gasteiger partial charge >= 0.3 is 0 Å². The van der Waals surface area contributed by atoms with Crippen LogP contribution >= 0.6 is 0 Å². The quantitative estimate of drug-likeness (QED) is 0.783. The first-order valence-corrected chi connectivity index (χ1v) is 8.10. The Kier molecular flexibility index (Phi) is 6.46. The van der Waals surface area contributed by atoms with Crippen LogP contribution in [0.4, 0.5) is 0 Å². The van der Waals surface area contributed by atoms with Gasteiger partial charge in [0.2, 0.25) is 5.91 Å². The number of carbonyl (C=O) groups excluding carboxylic acids is 1. The van der Waals surface area contributed by atoms with E-state index in [-0.39, 0.29) is 17.5 Å². The van der Waals surface area contributed by atoms with Gasteiger partial charge in [0.25, 0.3) is 0 Å². The smallest absolute Gasteiger partial charge is 0.237 e. The summed E-state index contributed by atoms with van der Waals surface area (Å²) in [7, 11) is 0. The number of rotatable bonds is 6. The fraction of sp³-hybridized carbons (Fsp3) is 0.938. The Balaban J connectivity index is 2.52. The highest BCUT2D eigenvalue weighted by Gasteiger charge is 2.31. The van der Waals surface area contributed by atoms with Crippen molar-refractivity contribution in [2.75, 3.05) is 19.6 Å². The van der Waals surface area contributed by atoms with Crippen LogP contribution in [-0.2, 0) is 4.79 Å². The molecule has 1 saturated heterocycles. The first kappa shape index (κ1) is 17.4. The van der Waals surface area contributed by atoms with Gasteiger partial charge in [-0.1, -0.05) is 20.8 Å². The molecule has 0 spiro atoms. The SMILES string of the molecule is CCNC1CCN(C(C)C(=O)NC(C)(C)CC)CC1C. The third kappa shape index (κ3) is 4.74. The van der Waals surface area contributed by atoms with Crippen LogP contribution in [0.25, 0.3) is 0 Å².